The van der Waals surface area contributed by atoms with Crippen LogP contribution in [0.4, 0.5) is 5.82 Å². The van der Waals surface area contributed by atoms with E-state index in [-0.39, 0.29) is 11.9 Å². The second kappa shape index (κ2) is 5.18. The van der Waals surface area contributed by atoms with Gasteiger partial charge in [-0.2, -0.15) is 5.10 Å². The van der Waals surface area contributed by atoms with Crippen LogP contribution in [0.2, 0.25) is 0 Å². The number of esters is 1. The fourth-order valence-corrected chi connectivity index (χ4v) is 1.91. The monoisotopic (exact) mass is 239 g/mol. The average Bonchev–Trinajstić information content (AvgIpc) is 2.73. The number of aromatic nitrogens is 2. The number of hydrogen-bond acceptors (Lipinski definition) is 5. The van der Waals surface area contributed by atoms with Crippen LogP contribution in [-0.4, -0.2) is 35.6 Å². The maximum absolute atomic E-state index is 11.6. The third-order valence-corrected chi connectivity index (χ3v) is 2.82. The van der Waals surface area contributed by atoms with Gasteiger partial charge in [0.1, 0.15) is 5.56 Å². The summed E-state index contributed by atoms with van der Waals surface area (Å²) in [6.07, 6.45) is 3.45. The molecule has 1 aliphatic heterocycles. The van der Waals surface area contributed by atoms with Gasteiger partial charge in [-0.1, -0.05) is 0 Å². The molecular weight excluding hydrogens is 222 g/mol. The smallest absolute Gasteiger partial charge is 0.343 e. The Bertz CT molecular complexity index is 397. The van der Waals surface area contributed by atoms with Gasteiger partial charge in [0, 0.05) is 19.4 Å². The molecule has 0 aromatic carbocycles. The number of ether oxygens (including phenoxy) is 2. The first-order valence-corrected chi connectivity index (χ1v) is 5.82. The number of carbonyl (C=O) groups is 1. The zero-order chi connectivity index (χ0) is 12.3. The molecule has 0 saturated carbocycles. The zero-order valence-electron chi connectivity index (χ0n) is 9.89. The molecule has 1 saturated heterocycles. The summed E-state index contributed by atoms with van der Waals surface area (Å²) in [5.74, 6) is -0.182. The van der Waals surface area contributed by atoms with E-state index in [2.05, 4.69) is 5.10 Å². The molecule has 1 aromatic rings. The predicted octanol–water partition coefficient (Wildman–Crippen LogP) is 0.994. The summed E-state index contributed by atoms with van der Waals surface area (Å²) in [5.41, 5.74) is 6.06. The third-order valence-electron chi connectivity index (χ3n) is 2.82. The third kappa shape index (κ3) is 2.58. The van der Waals surface area contributed by atoms with Crippen molar-refractivity contribution >= 4 is 11.8 Å². The molecule has 6 nitrogen and oxygen atoms in total. The predicted molar refractivity (Wildman–Crippen MR) is 61.7 cm³/mol. The SMILES string of the molecule is CCOC(=O)c1cn(C2CCOCC2)nc1N. The fourth-order valence-electron chi connectivity index (χ4n) is 1.91. The highest BCUT2D eigenvalue weighted by Gasteiger charge is 2.21. The second-order valence-electron chi connectivity index (χ2n) is 3.97. The summed E-state index contributed by atoms with van der Waals surface area (Å²) in [6, 6.07) is 0.259. The quantitative estimate of drug-likeness (QED) is 0.796. The molecular formula is C11H17N3O3. The molecule has 6 heteroatoms. The molecule has 2 N–H and O–H groups in total. The maximum atomic E-state index is 11.6. The van der Waals surface area contributed by atoms with Crippen molar-refractivity contribution in [2.75, 3.05) is 25.6 Å². The Morgan fingerprint density at radius 1 is 1.65 bits per heavy atom. The molecule has 0 bridgehead atoms. The van der Waals surface area contributed by atoms with Crippen molar-refractivity contribution in [3.8, 4) is 0 Å². The standard InChI is InChI=1S/C11H17N3O3/c1-2-17-11(15)9-7-14(13-10(9)12)8-3-5-16-6-4-8/h7-8H,2-6H2,1H3,(H2,12,13). The van der Waals surface area contributed by atoms with Crippen molar-refractivity contribution in [3.63, 3.8) is 0 Å². The van der Waals surface area contributed by atoms with Gasteiger partial charge in [-0.15, -0.1) is 0 Å². The Morgan fingerprint density at radius 3 is 3.00 bits per heavy atom. The van der Waals surface area contributed by atoms with Gasteiger partial charge in [0.15, 0.2) is 5.82 Å². The highest BCUT2D eigenvalue weighted by Crippen LogP contribution is 2.22. The zero-order valence-corrected chi connectivity index (χ0v) is 9.89. The molecule has 1 aromatic heterocycles. The molecule has 1 fully saturated rings. The van der Waals surface area contributed by atoms with E-state index in [0.717, 1.165) is 26.1 Å². The van der Waals surface area contributed by atoms with Crippen LogP contribution in [-0.2, 0) is 9.47 Å². The largest absolute Gasteiger partial charge is 0.462 e. The van der Waals surface area contributed by atoms with Gasteiger partial charge in [0.05, 0.1) is 12.6 Å². The molecule has 0 spiro atoms. The first-order chi connectivity index (χ1) is 8.22. The van der Waals surface area contributed by atoms with Crippen LogP contribution in [0.5, 0.6) is 0 Å². The summed E-state index contributed by atoms with van der Waals surface area (Å²) in [4.78, 5) is 11.6. The number of carbonyl (C=O) groups excluding carboxylic acids is 1. The van der Waals surface area contributed by atoms with Crippen molar-refractivity contribution in [2.45, 2.75) is 25.8 Å². The molecule has 0 unspecified atom stereocenters. The fraction of sp³-hybridized carbons (Fsp3) is 0.636. The van der Waals surface area contributed by atoms with E-state index in [4.69, 9.17) is 15.2 Å². The minimum atomic E-state index is -0.414. The first-order valence-electron chi connectivity index (χ1n) is 5.82. The Kier molecular flexibility index (Phi) is 3.63. The van der Waals surface area contributed by atoms with E-state index in [1.807, 2.05) is 0 Å². The number of rotatable bonds is 3. The lowest BCUT2D eigenvalue weighted by atomic mass is 10.1. The number of anilines is 1. The van der Waals surface area contributed by atoms with Crippen LogP contribution >= 0.6 is 0 Å². The molecule has 0 atom stereocenters. The van der Waals surface area contributed by atoms with Gasteiger partial charge < -0.3 is 15.2 Å². The van der Waals surface area contributed by atoms with E-state index in [1.54, 1.807) is 17.8 Å². The second-order valence-corrected chi connectivity index (χ2v) is 3.97. The van der Waals surface area contributed by atoms with Crippen molar-refractivity contribution in [3.05, 3.63) is 11.8 Å². The van der Waals surface area contributed by atoms with Gasteiger partial charge >= 0.3 is 5.97 Å². The summed E-state index contributed by atoms with van der Waals surface area (Å²) >= 11 is 0. The van der Waals surface area contributed by atoms with E-state index in [1.165, 1.54) is 0 Å². The normalized spacial score (nSPS) is 17.0. The molecule has 0 amide bonds. The number of nitrogen functional groups attached to an aromatic ring is 1. The lowest BCUT2D eigenvalue weighted by Crippen LogP contribution is -2.20. The number of nitrogens with zero attached hydrogens (tertiary/aromatic N) is 2. The van der Waals surface area contributed by atoms with Gasteiger partial charge in [0.25, 0.3) is 0 Å². The van der Waals surface area contributed by atoms with E-state index in [0.29, 0.717) is 12.2 Å². The maximum Gasteiger partial charge on any atom is 0.343 e. The number of hydrogen-bond donors (Lipinski definition) is 1. The highest BCUT2D eigenvalue weighted by atomic mass is 16.5. The molecule has 0 radical (unpaired) electrons. The van der Waals surface area contributed by atoms with Crippen LogP contribution in [0.1, 0.15) is 36.2 Å². The van der Waals surface area contributed by atoms with Crippen molar-refractivity contribution in [1.29, 1.82) is 0 Å². The minimum absolute atomic E-state index is 0.231. The van der Waals surface area contributed by atoms with Crippen LogP contribution < -0.4 is 5.73 Å². The van der Waals surface area contributed by atoms with Gasteiger partial charge in [-0.05, 0) is 19.8 Å². The van der Waals surface area contributed by atoms with Crippen LogP contribution in [0.3, 0.4) is 0 Å². The van der Waals surface area contributed by atoms with Crippen LogP contribution in [0, 0.1) is 0 Å². The summed E-state index contributed by atoms with van der Waals surface area (Å²) < 4.78 is 11.9. The lowest BCUT2D eigenvalue weighted by molar-refractivity contribution is 0.0526. The van der Waals surface area contributed by atoms with Gasteiger partial charge in [0.2, 0.25) is 0 Å². The molecule has 2 heterocycles. The molecule has 2 rings (SSSR count). The Morgan fingerprint density at radius 2 is 2.35 bits per heavy atom. The average molecular weight is 239 g/mol. The molecule has 17 heavy (non-hydrogen) atoms. The Balaban J connectivity index is 2.14. The van der Waals surface area contributed by atoms with Crippen molar-refractivity contribution in [2.24, 2.45) is 0 Å². The topological polar surface area (TPSA) is 79.4 Å². The molecule has 1 aliphatic rings. The minimum Gasteiger partial charge on any atom is -0.462 e. The molecule has 94 valence electrons. The molecule has 0 aliphatic carbocycles. The van der Waals surface area contributed by atoms with Gasteiger partial charge in [-0.3, -0.25) is 4.68 Å². The van der Waals surface area contributed by atoms with E-state index < -0.39 is 5.97 Å². The van der Waals surface area contributed by atoms with E-state index >= 15 is 0 Å². The van der Waals surface area contributed by atoms with E-state index in [9.17, 15) is 4.79 Å². The lowest BCUT2D eigenvalue weighted by Gasteiger charge is -2.22. The van der Waals surface area contributed by atoms with Crippen molar-refractivity contribution in [1.82, 2.24) is 9.78 Å². The van der Waals surface area contributed by atoms with Crippen molar-refractivity contribution < 1.29 is 14.3 Å². The Hall–Kier alpha value is -1.56. The summed E-state index contributed by atoms with van der Waals surface area (Å²) in [5, 5.41) is 4.18. The van der Waals surface area contributed by atoms with Crippen LogP contribution in [0.15, 0.2) is 6.20 Å². The summed E-state index contributed by atoms with van der Waals surface area (Å²) in [7, 11) is 0. The van der Waals surface area contributed by atoms with Crippen LogP contribution in [0.25, 0.3) is 0 Å². The first kappa shape index (κ1) is 11.9. The Labute approximate surface area is 99.7 Å². The van der Waals surface area contributed by atoms with Gasteiger partial charge in [-0.25, -0.2) is 4.79 Å². The number of nitrogens with two attached hydrogens (primary N) is 1. The summed E-state index contributed by atoms with van der Waals surface area (Å²) in [6.45, 7) is 3.54. The highest BCUT2D eigenvalue weighted by molar-refractivity contribution is 5.93.